The van der Waals surface area contributed by atoms with E-state index in [2.05, 4.69) is 34.4 Å². The number of nitrogens with zero attached hydrogens (tertiary/aromatic N) is 2. The van der Waals surface area contributed by atoms with Crippen molar-refractivity contribution < 1.29 is 14.4 Å². The van der Waals surface area contributed by atoms with Crippen LogP contribution in [0.4, 0.5) is 11.5 Å². The van der Waals surface area contributed by atoms with E-state index in [-0.39, 0.29) is 17.7 Å². The Bertz CT molecular complexity index is 1070. The molecule has 1 aromatic heterocycles. The van der Waals surface area contributed by atoms with Gasteiger partial charge in [0.25, 0.3) is 11.8 Å². The van der Waals surface area contributed by atoms with Gasteiger partial charge in [-0.1, -0.05) is 13.8 Å². The zero-order chi connectivity index (χ0) is 24.4. The zero-order valence-electron chi connectivity index (χ0n) is 20.0. The lowest BCUT2D eigenvalue weighted by molar-refractivity contribution is 0.0924. The van der Waals surface area contributed by atoms with Gasteiger partial charge in [0.15, 0.2) is 5.78 Å². The monoisotopic (exact) mass is 463 g/mol. The van der Waals surface area contributed by atoms with Crippen LogP contribution in [0, 0.1) is 5.92 Å². The molecule has 0 spiro atoms. The Morgan fingerprint density at radius 3 is 2.32 bits per heavy atom. The number of nitrogens with one attached hydrogen (secondary N) is 2. The molecule has 2 fully saturated rings. The summed E-state index contributed by atoms with van der Waals surface area (Å²) in [5.41, 5.74) is 7.60. The predicted molar refractivity (Wildman–Crippen MR) is 132 cm³/mol. The maximum absolute atomic E-state index is 13.1. The molecular weight excluding hydrogens is 430 g/mol. The standard InChI is InChI=1S/C26H33N5O3/c1-15(2)13-28-23-10-17(4-8-22(23)25(27)33)26(34)30-19-11-20-6-7-21(12-19)31(20)24-9-5-18(14-29-24)16(3)32/h4-5,8-10,14-15,19-21,28H,6-7,11-13H2,1-3H3,(H2,27,33)(H,30,34)/t19?,20-,21+. The number of hydrogen-bond donors (Lipinski definition) is 3. The lowest BCUT2D eigenvalue weighted by Gasteiger charge is -2.40. The Morgan fingerprint density at radius 2 is 1.76 bits per heavy atom. The Hall–Kier alpha value is -3.42. The van der Waals surface area contributed by atoms with Crippen LogP contribution in [0.15, 0.2) is 36.5 Å². The quantitative estimate of drug-likeness (QED) is 0.517. The number of primary amides is 1. The summed E-state index contributed by atoms with van der Waals surface area (Å²) in [5, 5.41) is 6.43. The summed E-state index contributed by atoms with van der Waals surface area (Å²) >= 11 is 0. The minimum Gasteiger partial charge on any atom is -0.384 e. The van der Waals surface area contributed by atoms with Gasteiger partial charge in [0.05, 0.1) is 5.56 Å². The van der Waals surface area contributed by atoms with E-state index in [1.165, 1.54) is 0 Å². The number of rotatable bonds is 8. The normalized spacial score (nSPS) is 21.4. The number of benzene rings is 1. The van der Waals surface area contributed by atoms with E-state index in [0.29, 0.717) is 46.9 Å². The summed E-state index contributed by atoms with van der Waals surface area (Å²) in [5.74, 6) is 0.615. The highest BCUT2D eigenvalue weighted by molar-refractivity contribution is 6.02. The number of Topliss-reactive ketones (excluding diaryl/α,β-unsaturated/α-hetero) is 1. The number of amides is 2. The van der Waals surface area contributed by atoms with Gasteiger partial charge in [-0.15, -0.1) is 0 Å². The molecular formula is C26H33N5O3. The molecule has 8 heteroatoms. The van der Waals surface area contributed by atoms with Crippen molar-refractivity contribution in [2.24, 2.45) is 11.7 Å². The minimum absolute atomic E-state index is 0.00914. The van der Waals surface area contributed by atoms with E-state index in [1.807, 2.05) is 12.1 Å². The van der Waals surface area contributed by atoms with Crippen molar-refractivity contribution in [2.45, 2.75) is 64.6 Å². The van der Waals surface area contributed by atoms with E-state index in [9.17, 15) is 14.4 Å². The van der Waals surface area contributed by atoms with Gasteiger partial charge in [-0.3, -0.25) is 14.4 Å². The second-order valence-electron chi connectivity index (χ2n) is 9.79. The van der Waals surface area contributed by atoms with Crippen LogP contribution in [0.1, 0.15) is 77.5 Å². The molecule has 34 heavy (non-hydrogen) atoms. The summed E-state index contributed by atoms with van der Waals surface area (Å²) in [6, 6.07) is 9.41. The van der Waals surface area contributed by atoms with Crippen molar-refractivity contribution in [3.8, 4) is 0 Å². The number of aromatic nitrogens is 1. The van der Waals surface area contributed by atoms with Crippen LogP contribution in [0.3, 0.4) is 0 Å². The van der Waals surface area contributed by atoms with Gasteiger partial charge in [0.2, 0.25) is 0 Å². The second kappa shape index (κ2) is 9.83. The molecule has 3 atom stereocenters. The first-order valence-corrected chi connectivity index (χ1v) is 12.0. The van der Waals surface area contributed by atoms with Crippen LogP contribution < -0.4 is 21.3 Å². The molecule has 0 aliphatic carbocycles. The summed E-state index contributed by atoms with van der Waals surface area (Å²) in [4.78, 5) is 43.3. The highest BCUT2D eigenvalue weighted by Gasteiger charge is 2.41. The van der Waals surface area contributed by atoms with E-state index >= 15 is 0 Å². The lowest BCUT2D eigenvalue weighted by Crippen LogP contribution is -2.50. The first-order chi connectivity index (χ1) is 16.2. The van der Waals surface area contributed by atoms with Crippen molar-refractivity contribution in [1.82, 2.24) is 10.3 Å². The topological polar surface area (TPSA) is 117 Å². The molecule has 180 valence electrons. The van der Waals surface area contributed by atoms with Gasteiger partial charge < -0.3 is 21.3 Å². The Kier molecular flexibility index (Phi) is 6.86. The van der Waals surface area contributed by atoms with Gasteiger partial charge in [-0.25, -0.2) is 4.98 Å². The first kappa shape index (κ1) is 23.7. The van der Waals surface area contributed by atoms with E-state index in [4.69, 9.17) is 5.73 Å². The fourth-order valence-corrected chi connectivity index (χ4v) is 5.05. The maximum atomic E-state index is 13.1. The van der Waals surface area contributed by atoms with Crippen LogP contribution >= 0.6 is 0 Å². The SMILES string of the molecule is CC(=O)c1ccc(N2[C@@H]3CC[C@H]2CC(NC(=O)c2ccc(C(N)=O)c(NCC(C)C)c2)C3)nc1. The fraction of sp³-hybridized carbons (Fsp3) is 0.462. The third kappa shape index (κ3) is 5.05. The summed E-state index contributed by atoms with van der Waals surface area (Å²) in [6.07, 6.45) is 5.45. The van der Waals surface area contributed by atoms with Gasteiger partial charge in [0.1, 0.15) is 5.82 Å². The van der Waals surface area contributed by atoms with Crippen LogP contribution in [0.2, 0.25) is 0 Å². The Balaban J connectivity index is 1.43. The third-order valence-electron chi connectivity index (χ3n) is 6.74. The first-order valence-electron chi connectivity index (χ1n) is 12.0. The van der Waals surface area contributed by atoms with Crippen LogP contribution in [0.5, 0.6) is 0 Å². The number of ketones is 1. The van der Waals surface area contributed by atoms with Gasteiger partial charge in [-0.05, 0) is 68.9 Å². The molecule has 8 nitrogen and oxygen atoms in total. The van der Waals surface area contributed by atoms with Crippen LogP contribution in [-0.4, -0.2) is 47.3 Å². The van der Waals surface area contributed by atoms with Crippen molar-refractivity contribution in [1.29, 1.82) is 0 Å². The molecule has 0 saturated carbocycles. The number of hydrogen-bond acceptors (Lipinski definition) is 6. The van der Waals surface area contributed by atoms with Crippen molar-refractivity contribution in [3.63, 3.8) is 0 Å². The van der Waals surface area contributed by atoms with Crippen molar-refractivity contribution in [2.75, 3.05) is 16.8 Å². The van der Waals surface area contributed by atoms with Crippen molar-refractivity contribution >= 4 is 29.1 Å². The van der Waals surface area contributed by atoms with E-state index in [1.54, 1.807) is 31.3 Å². The number of fused-ring (bicyclic) bond motifs is 2. The molecule has 2 amide bonds. The molecule has 4 rings (SSSR count). The molecule has 4 N–H and O–H groups in total. The molecule has 1 unspecified atom stereocenters. The molecule has 2 bridgehead atoms. The smallest absolute Gasteiger partial charge is 0.251 e. The van der Waals surface area contributed by atoms with Gasteiger partial charge in [-0.2, -0.15) is 0 Å². The molecule has 2 aromatic rings. The summed E-state index contributed by atoms with van der Waals surface area (Å²) in [7, 11) is 0. The predicted octanol–water partition coefficient (Wildman–Crippen LogP) is 3.38. The van der Waals surface area contributed by atoms with Crippen LogP contribution in [-0.2, 0) is 0 Å². The molecule has 0 radical (unpaired) electrons. The second-order valence-corrected chi connectivity index (χ2v) is 9.79. The number of carbonyl (C=O) groups is 3. The lowest BCUT2D eigenvalue weighted by atomic mass is 9.96. The summed E-state index contributed by atoms with van der Waals surface area (Å²) < 4.78 is 0. The molecule has 2 saturated heterocycles. The average molecular weight is 464 g/mol. The Labute approximate surface area is 200 Å². The zero-order valence-corrected chi connectivity index (χ0v) is 20.0. The van der Waals surface area contributed by atoms with E-state index < -0.39 is 5.91 Å². The number of anilines is 2. The number of nitrogens with two attached hydrogens (primary N) is 1. The number of pyridine rings is 1. The minimum atomic E-state index is -0.521. The highest BCUT2D eigenvalue weighted by atomic mass is 16.2. The molecule has 1 aromatic carbocycles. The summed E-state index contributed by atoms with van der Waals surface area (Å²) in [6.45, 7) is 6.36. The average Bonchev–Trinajstić information content (AvgIpc) is 3.07. The third-order valence-corrected chi connectivity index (χ3v) is 6.74. The molecule has 2 aliphatic heterocycles. The molecule has 2 aliphatic rings. The van der Waals surface area contributed by atoms with E-state index in [0.717, 1.165) is 31.5 Å². The van der Waals surface area contributed by atoms with Gasteiger partial charge >= 0.3 is 0 Å². The highest BCUT2D eigenvalue weighted by Crippen LogP contribution is 2.38. The maximum Gasteiger partial charge on any atom is 0.251 e. The number of piperidine rings is 1. The largest absolute Gasteiger partial charge is 0.384 e. The molecule has 3 heterocycles. The van der Waals surface area contributed by atoms with Gasteiger partial charge in [0, 0.05) is 47.7 Å². The Morgan fingerprint density at radius 1 is 1.09 bits per heavy atom. The van der Waals surface area contributed by atoms with Crippen LogP contribution in [0.25, 0.3) is 0 Å². The fourth-order valence-electron chi connectivity index (χ4n) is 5.05. The van der Waals surface area contributed by atoms with Crippen molar-refractivity contribution in [3.05, 3.63) is 53.2 Å². The number of carbonyl (C=O) groups excluding carboxylic acids is 3.